The molecule has 1 fully saturated rings. The van der Waals surface area contributed by atoms with Gasteiger partial charge in [-0.1, -0.05) is 0 Å². The molecule has 3 heterocycles. The lowest BCUT2D eigenvalue weighted by Crippen LogP contribution is -2.57. The Labute approximate surface area is 159 Å². The maximum absolute atomic E-state index is 12.9. The van der Waals surface area contributed by atoms with Gasteiger partial charge in [0.25, 0.3) is 5.91 Å². The van der Waals surface area contributed by atoms with Gasteiger partial charge in [-0.2, -0.15) is 18.3 Å². The van der Waals surface area contributed by atoms with E-state index in [0.29, 0.717) is 25.6 Å². The fourth-order valence-electron chi connectivity index (χ4n) is 3.26. The first kappa shape index (κ1) is 20.1. The monoisotopic (exact) mass is 398 g/mol. The average Bonchev–Trinajstić information content (AvgIpc) is 3.16. The van der Waals surface area contributed by atoms with Gasteiger partial charge in [-0.25, -0.2) is 9.67 Å². The van der Waals surface area contributed by atoms with Gasteiger partial charge in [-0.15, -0.1) is 0 Å². The zero-order valence-corrected chi connectivity index (χ0v) is 15.5. The molecule has 0 aliphatic carbocycles. The van der Waals surface area contributed by atoms with Gasteiger partial charge in [0.1, 0.15) is 0 Å². The van der Waals surface area contributed by atoms with E-state index in [1.165, 1.54) is 7.11 Å². The molecule has 2 aromatic heterocycles. The number of methoxy groups -OCH3 is 1. The molecule has 10 heteroatoms. The molecule has 1 aliphatic rings. The molecule has 1 aliphatic heterocycles. The first-order chi connectivity index (χ1) is 13.1. The van der Waals surface area contributed by atoms with Crippen molar-refractivity contribution in [3.63, 3.8) is 0 Å². The second-order valence-corrected chi connectivity index (χ2v) is 6.86. The zero-order valence-electron chi connectivity index (χ0n) is 15.5. The Morgan fingerprint density at radius 2 is 1.93 bits per heavy atom. The van der Waals surface area contributed by atoms with Crippen LogP contribution in [0, 0.1) is 0 Å². The molecular formula is C18H21F3N4O3. The molecule has 1 N–H and O–H groups in total. The van der Waals surface area contributed by atoms with Crippen LogP contribution < -0.4 is 4.74 Å². The van der Waals surface area contributed by atoms with Crippen LogP contribution >= 0.6 is 0 Å². The highest BCUT2D eigenvalue weighted by molar-refractivity contribution is 5.85. The fourth-order valence-corrected chi connectivity index (χ4v) is 3.26. The Bertz CT molecular complexity index is 825. The van der Waals surface area contributed by atoms with Crippen LogP contribution in [-0.4, -0.2) is 62.7 Å². The van der Waals surface area contributed by atoms with Gasteiger partial charge in [0.15, 0.2) is 0 Å². The molecule has 1 atom stereocenters. The van der Waals surface area contributed by atoms with Crippen LogP contribution in [0.4, 0.5) is 13.2 Å². The van der Waals surface area contributed by atoms with Gasteiger partial charge in [-0.05, 0) is 31.9 Å². The summed E-state index contributed by atoms with van der Waals surface area (Å²) in [5, 5.41) is 13.9. The van der Waals surface area contributed by atoms with E-state index in [-0.39, 0.29) is 19.0 Å². The predicted octanol–water partition coefficient (Wildman–Crippen LogP) is 2.30. The number of alkyl halides is 3. The maximum Gasteiger partial charge on any atom is 0.426 e. The lowest BCUT2D eigenvalue weighted by atomic mass is 9.92. The molecule has 1 saturated heterocycles. The minimum absolute atomic E-state index is 0.0180. The molecule has 1 amide bonds. The third-order valence-electron chi connectivity index (χ3n) is 5.02. The Hall–Kier alpha value is -2.62. The molecular weight excluding hydrogens is 377 g/mol. The fraction of sp³-hybridized carbons (Fsp3) is 0.500. The summed E-state index contributed by atoms with van der Waals surface area (Å²) in [5.74, 6) is -0.822. The van der Waals surface area contributed by atoms with Crippen LogP contribution in [0.1, 0.15) is 31.4 Å². The van der Waals surface area contributed by atoms with Crippen LogP contribution in [0.25, 0.3) is 5.69 Å². The molecule has 28 heavy (non-hydrogen) atoms. The van der Waals surface area contributed by atoms with Crippen molar-refractivity contribution < 1.29 is 27.8 Å². The van der Waals surface area contributed by atoms with Gasteiger partial charge in [-0.3, -0.25) is 4.79 Å². The number of hydrogen-bond donors (Lipinski definition) is 1. The van der Waals surface area contributed by atoms with E-state index in [1.807, 2.05) is 12.1 Å². The van der Waals surface area contributed by atoms with Gasteiger partial charge in [0.2, 0.25) is 11.5 Å². The first-order valence-corrected chi connectivity index (χ1v) is 8.78. The standard InChI is InChI=1S/C18H21F3N4O3/c1-17(27,18(19,20)21)16(26)24-9-6-12(7-10-24)14-5-8-23-25(14)13-3-4-15(28-2)22-11-13/h3-5,8,11-12,27H,6-7,9-10H2,1-2H3/t17-/m1/s1. The summed E-state index contributed by atoms with van der Waals surface area (Å²) in [4.78, 5) is 17.4. The molecule has 0 saturated carbocycles. The molecule has 0 unspecified atom stereocenters. The Morgan fingerprint density at radius 1 is 1.25 bits per heavy atom. The third kappa shape index (κ3) is 3.68. The third-order valence-corrected chi connectivity index (χ3v) is 5.02. The Morgan fingerprint density at radius 3 is 2.46 bits per heavy atom. The van der Waals surface area contributed by atoms with Gasteiger partial charge >= 0.3 is 6.18 Å². The quantitative estimate of drug-likeness (QED) is 0.855. The molecule has 0 bridgehead atoms. The molecule has 0 spiro atoms. The second kappa shape index (κ2) is 7.42. The van der Waals surface area contributed by atoms with Crippen molar-refractivity contribution in [2.24, 2.45) is 0 Å². The number of piperidine rings is 1. The lowest BCUT2D eigenvalue weighted by molar-refractivity contribution is -0.250. The highest BCUT2D eigenvalue weighted by Gasteiger charge is 2.57. The van der Waals surface area contributed by atoms with Gasteiger partial charge in [0.05, 0.1) is 19.0 Å². The number of carbonyl (C=O) groups excluding carboxylic acids is 1. The molecule has 0 radical (unpaired) electrons. The van der Waals surface area contributed by atoms with Crippen molar-refractivity contribution in [3.05, 3.63) is 36.3 Å². The summed E-state index contributed by atoms with van der Waals surface area (Å²) < 4.78 is 45.5. The highest BCUT2D eigenvalue weighted by atomic mass is 19.4. The van der Waals surface area contributed by atoms with Crippen molar-refractivity contribution in [3.8, 4) is 11.6 Å². The number of ether oxygens (including phenoxy) is 1. The number of rotatable bonds is 4. The molecule has 2 aromatic rings. The largest absolute Gasteiger partial charge is 0.481 e. The van der Waals surface area contributed by atoms with E-state index in [9.17, 15) is 23.1 Å². The molecule has 0 aromatic carbocycles. The van der Waals surface area contributed by atoms with Crippen molar-refractivity contribution in [1.29, 1.82) is 0 Å². The van der Waals surface area contributed by atoms with E-state index in [1.54, 1.807) is 23.1 Å². The summed E-state index contributed by atoms with van der Waals surface area (Å²) in [6.07, 6.45) is -0.815. The van der Waals surface area contributed by atoms with Crippen molar-refractivity contribution in [1.82, 2.24) is 19.7 Å². The minimum atomic E-state index is -5.01. The number of aromatic nitrogens is 3. The molecule has 3 rings (SSSR count). The number of amides is 1. The van der Waals surface area contributed by atoms with Crippen molar-refractivity contribution >= 4 is 5.91 Å². The number of aliphatic hydroxyl groups is 1. The summed E-state index contributed by atoms with van der Waals surface area (Å²) >= 11 is 0. The van der Waals surface area contributed by atoms with E-state index >= 15 is 0 Å². The number of halogens is 3. The lowest BCUT2D eigenvalue weighted by Gasteiger charge is -2.36. The normalized spacial score (nSPS) is 18.0. The highest BCUT2D eigenvalue weighted by Crippen LogP contribution is 2.34. The predicted molar refractivity (Wildman–Crippen MR) is 93.1 cm³/mol. The maximum atomic E-state index is 12.9. The van der Waals surface area contributed by atoms with Crippen LogP contribution in [-0.2, 0) is 4.79 Å². The number of carbonyl (C=O) groups is 1. The molecule has 7 nitrogen and oxygen atoms in total. The average molecular weight is 398 g/mol. The summed E-state index contributed by atoms with van der Waals surface area (Å²) in [6.45, 7) is 0.747. The van der Waals surface area contributed by atoms with Crippen LogP contribution in [0.15, 0.2) is 30.6 Å². The SMILES string of the molecule is COc1ccc(-n2nccc2C2CCN(C(=O)[C@@](C)(O)C(F)(F)F)CC2)cn1. The number of likely N-dealkylation sites (tertiary alicyclic amines) is 1. The first-order valence-electron chi connectivity index (χ1n) is 8.78. The van der Waals surface area contributed by atoms with Crippen molar-refractivity contribution in [2.45, 2.75) is 37.5 Å². The summed E-state index contributed by atoms with van der Waals surface area (Å²) in [6, 6.07) is 5.36. The van der Waals surface area contributed by atoms with E-state index in [0.717, 1.165) is 16.3 Å². The number of hydrogen-bond acceptors (Lipinski definition) is 5. The Balaban J connectivity index is 1.71. The van der Waals surface area contributed by atoms with Crippen molar-refractivity contribution in [2.75, 3.05) is 20.2 Å². The van der Waals surface area contributed by atoms with Crippen LogP contribution in [0.3, 0.4) is 0 Å². The van der Waals surface area contributed by atoms with Crippen LogP contribution in [0.2, 0.25) is 0 Å². The van der Waals surface area contributed by atoms with E-state index < -0.39 is 17.7 Å². The number of pyridine rings is 1. The van der Waals surface area contributed by atoms with Gasteiger partial charge < -0.3 is 14.7 Å². The smallest absolute Gasteiger partial charge is 0.426 e. The summed E-state index contributed by atoms with van der Waals surface area (Å²) in [7, 11) is 1.52. The van der Waals surface area contributed by atoms with Crippen LogP contribution in [0.5, 0.6) is 5.88 Å². The van der Waals surface area contributed by atoms with E-state index in [2.05, 4.69) is 10.1 Å². The zero-order chi connectivity index (χ0) is 20.5. The minimum Gasteiger partial charge on any atom is -0.481 e. The Kier molecular flexibility index (Phi) is 5.33. The van der Waals surface area contributed by atoms with E-state index in [4.69, 9.17) is 4.74 Å². The van der Waals surface area contributed by atoms with Gasteiger partial charge in [0, 0.05) is 37.0 Å². The second-order valence-electron chi connectivity index (χ2n) is 6.86. The topological polar surface area (TPSA) is 80.5 Å². The molecule has 152 valence electrons. The summed E-state index contributed by atoms with van der Waals surface area (Å²) in [5.41, 5.74) is -1.75. The number of nitrogens with zero attached hydrogens (tertiary/aromatic N) is 4.